The summed E-state index contributed by atoms with van der Waals surface area (Å²) in [5, 5.41) is 0. The van der Waals surface area contributed by atoms with Gasteiger partial charge in [0.2, 0.25) is 20.0 Å². The molecule has 1 unspecified atom stereocenters. The summed E-state index contributed by atoms with van der Waals surface area (Å²) < 4.78 is 51.1. The Kier molecular flexibility index (Phi) is 6.29. The second-order valence-electron chi connectivity index (χ2n) is 4.51. The highest BCUT2D eigenvalue weighted by Gasteiger charge is 2.16. The number of sulfonamides is 2. The van der Waals surface area contributed by atoms with Gasteiger partial charge >= 0.3 is 0 Å². The summed E-state index contributed by atoms with van der Waals surface area (Å²) in [4.78, 5) is 0.0748. The molecule has 1 aromatic carbocycles. The van der Waals surface area contributed by atoms with Crippen LogP contribution in [-0.4, -0.2) is 36.2 Å². The third-order valence-electron chi connectivity index (χ3n) is 3.01. The third-order valence-corrected chi connectivity index (χ3v) is 5.83. The standard InChI is InChI=1S/C12H21N3O4S2/c1-3-12(13)10-5-4-6-11(9-10)21(18,19)15-7-8-20(16,17)14-2/h4-6,9,12,14-15H,3,7-8,13H2,1-2H3. The van der Waals surface area contributed by atoms with E-state index in [9.17, 15) is 16.8 Å². The second kappa shape index (κ2) is 7.32. The minimum Gasteiger partial charge on any atom is -0.324 e. The van der Waals surface area contributed by atoms with E-state index in [0.717, 1.165) is 5.56 Å². The van der Waals surface area contributed by atoms with E-state index in [1.165, 1.54) is 19.2 Å². The van der Waals surface area contributed by atoms with Crippen LogP contribution in [0.5, 0.6) is 0 Å². The lowest BCUT2D eigenvalue weighted by Gasteiger charge is -2.12. The van der Waals surface area contributed by atoms with Gasteiger partial charge in [0.25, 0.3) is 0 Å². The van der Waals surface area contributed by atoms with E-state index >= 15 is 0 Å². The molecule has 0 saturated carbocycles. The molecule has 7 nitrogen and oxygen atoms in total. The molecule has 0 fully saturated rings. The molecule has 0 aromatic heterocycles. The van der Waals surface area contributed by atoms with Gasteiger partial charge in [0.1, 0.15) is 0 Å². The normalized spacial score (nSPS) is 14.0. The van der Waals surface area contributed by atoms with Crippen molar-refractivity contribution in [3.05, 3.63) is 29.8 Å². The summed E-state index contributed by atoms with van der Waals surface area (Å²) >= 11 is 0. The Labute approximate surface area is 126 Å². The number of benzene rings is 1. The first-order valence-corrected chi connectivity index (χ1v) is 9.62. The fourth-order valence-electron chi connectivity index (χ4n) is 1.64. The van der Waals surface area contributed by atoms with Crippen LogP contribution in [0.15, 0.2) is 29.2 Å². The number of hydrogen-bond donors (Lipinski definition) is 3. The molecule has 9 heteroatoms. The van der Waals surface area contributed by atoms with Crippen LogP contribution in [0.4, 0.5) is 0 Å². The van der Waals surface area contributed by atoms with Crippen LogP contribution < -0.4 is 15.2 Å². The maximum atomic E-state index is 12.1. The zero-order valence-corrected chi connectivity index (χ0v) is 13.7. The monoisotopic (exact) mass is 335 g/mol. The van der Waals surface area contributed by atoms with Gasteiger partial charge in [-0.3, -0.25) is 0 Å². The SMILES string of the molecule is CCC(N)c1cccc(S(=O)(=O)NCCS(=O)(=O)NC)c1. The van der Waals surface area contributed by atoms with Crippen LogP contribution in [0.2, 0.25) is 0 Å². The molecular weight excluding hydrogens is 314 g/mol. The molecule has 21 heavy (non-hydrogen) atoms. The second-order valence-corrected chi connectivity index (χ2v) is 8.32. The van der Waals surface area contributed by atoms with E-state index in [-0.39, 0.29) is 23.2 Å². The zero-order valence-electron chi connectivity index (χ0n) is 12.0. The first-order chi connectivity index (χ1) is 9.72. The summed E-state index contributed by atoms with van der Waals surface area (Å²) in [6, 6.07) is 6.09. The van der Waals surface area contributed by atoms with Crippen molar-refractivity contribution in [2.45, 2.75) is 24.3 Å². The van der Waals surface area contributed by atoms with Gasteiger partial charge in [0.15, 0.2) is 0 Å². The van der Waals surface area contributed by atoms with E-state index in [0.29, 0.717) is 6.42 Å². The Balaban J connectivity index is 2.84. The van der Waals surface area contributed by atoms with Crippen LogP contribution in [0.3, 0.4) is 0 Å². The van der Waals surface area contributed by atoms with E-state index < -0.39 is 20.0 Å². The van der Waals surface area contributed by atoms with Crippen molar-refractivity contribution < 1.29 is 16.8 Å². The Morgan fingerprint density at radius 2 is 1.90 bits per heavy atom. The molecule has 0 saturated heterocycles. The van der Waals surface area contributed by atoms with Crippen molar-refractivity contribution in [1.29, 1.82) is 0 Å². The van der Waals surface area contributed by atoms with Crippen LogP contribution in [-0.2, 0) is 20.0 Å². The van der Waals surface area contributed by atoms with Crippen molar-refractivity contribution in [2.75, 3.05) is 19.3 Å². The first kappa shape index (κ1) is 18.1. The van der Waals surface area contributed by atoms with Gasteiger partial charge in [-0.1, -0.05) is 19.1 Å². The number of nitrogens with two attached hydrogens (primary N) is 1. The highest BCUT2D eigenvalue weighted by atomic mass is 32.2. The minimum atomic E-state index is -3.75. The average Bonchev–Trinajstić information content (AvgIpc) is 2.46. The summed E-state index contributed by atoms with van der Waals surface area (Å²) in [6.07, 6.45) is 0.692. The molecule has 0 radical (unpaired) electrons. The van der Waals surface area contributed by atoms with E-state index in [1.54, 1.807) is 12.1 Å². The molecular formula is C12H21N3O4S2. The minimum absolute atomic E-state index is 0.0748. The van der Waals surface area contributed by atoms with Gasteiger partial charge in [-0.2, -0.15) is 0 Å². The highest BCUT2D eigenvalue weighted by Crippen LogP contribution is 2.18. The van der Waals surface area contributed by atoms with Crippen LogP contribution in [0.25, 0.3) is 0 Å². The highest BCUT2D eigenvalue weighted by molar-refractivity contribution is 7.90. The van der Waals surface area contributed by atoms with Crippen molar-refractivity contribution in [2.24, 2.45) is 5.73 Å². The van der Waals surface area contributed by atoms with Gasteiger partial charge in [0.05, 0.1) is 10.6 Å². The molecule has 0 amide bonds. The van der Waals surface area contributed by atoms with Crippen molar-refractivity contribution >= 4 is 20.0 Å². The van der Waals surface area contributed by atoms with E-state index in [2.05, 4.69) is 9.44 Å². The Hall–Kier alpha value is -1.00. The predicted molar refractivity (Wildman–Crippen MR) is 81.7 cm³/mol. The molecule has 0 bridgehead atoms. The predicted octanol–water partition coefficient (Wildman–Crippen LogP) is -0.0761. The van der Waals surface area contributed by atoms with Gasteiger partial charge < -0.3 is 5.73 Å². The maximum Gasteiger partial charge on any atom is 0.240 e. The topological polar surface area (TPSA) is 118 Å². The molecule has 0 aliphatic carbocycles. The Bertz CT molecular complexity index is 671. The van der Waals surface area contributed by atoms with Crippen LogP contribution in [0, 0.1) is 0 Å². The number of nitrogens with one attached hydrogen (secondary N) is 2. The van der Waals surface area contributed by atoms with E-state index in [4.69, 9.17) is 5.73 Å². The Morgan fingerprint density at radius 1 is 1.24 bits per heavy atom. The summed E-state index contributed by atoms with van der Waals surface area (Å²) in [7, 11) is -5.92. The van der Waals surface area contributed by atoms with Crippen molar-refractivity contribution in [3.8, 4) is 0 Å². The van der Waals surface area contributed by atoms with Crippen molar-refractivity contribution in [3.63, 3.8) is 0 Å². The van der Waals surface area contributed by atoms with E-state index in [1.807, 2.05) is 6.92 Å². The lowest BCUT2D eigenvalue weighted by atomic mass is 10.1. The zero-order chi connectivity index (χ0) is 16.1. The largest absolute Gasteiger partial charge is 0.324 e. The smallest absolute Gasteiger partial charge is 0.240 e. The van der Waals surface area contributed by atoms with Gasteiger partial charge in [-0.05, 0) is 31.2 Å². The summed E-state index contributed by atoms with van der Waals surface area (Å²) in [5.74, 6) is -0.323. The van der Waals surface area contributed by atoms with Crippen LogP contribution in [0.1, 0.15) is 24.9 Å². The fourth-order valence-corrected chi connectivity index (χ4v) is 3.43. The molecule has 0 aliphatic rings. The quantitative estimate of drug-likeness (QED) is 0.614. The average molecular weight is 335 g/mol. The molecule has 4 N–H and O–H groups in total. The molecule has 0 heterocycles. The lowest BCUT2D eigenvalue weighted by Crippen LogP contribution is -2.33. The van der Waals surface area contributed by atoms with Gasteiger partial charge in [0, 0.05) is 12.6 Å². The summed E-state index contributed by atoms with van der Waals surface area (Å²) in [6.45, 7) is 1.71. The van der Waals surface area contributed by atoms with Crippen LogP contribution >= 0.6 is 0 Å². The maximum absolute atomic E-state index is 12.1. The summed E-state index contributed by atoms with van der Waals surface area (Å²) in [5.41, 5.74) is 6.60. The fraction of sp³-hybridized carbons (Fsp3) is 0.500. The first-order valence-electron chi connectivity index (χ1n) is 6.48. The molecule has 1 atom stereocenters. The third kappa shape index (κ3) is 5.36. The lowest BCUT2D eigenvalue weighted by molar-refractivity contribution is 0.578. The van der Waals surface area contributed by atoms with Gasteiger partial charge in [-0.25, -0.2) is 26.3 Å². The molecule has 0 aliphatic heterocycles. The molecule has 120 valence electrons. The van der Waals surface area contributed by atoms with Crippen molar-refractivity contribution in [1.82, 2.24) is 9.44 Å². The molecule has 1 aromatic rings. The molecule has 0 spiro atoms. The molecule has 1 rings (SSSR count). The number of rotatable bonds is 8. The Morgan fingerprint density at radius 3 is 2.48 bits per heavy atom. The number of hydrogen-bond acceptors (Lipinski definition) is 5. The van der Waals surface area contributed by atoms with Gasteiger partial charge in [-0.15, -0.1) is 0 Å².